The van der Waals surface area contributed by atoms with Crippen LogP contribution in [0.5, 0.6) is 11.5 Å². The monoisotopic (exact) mass is 355 g/mol. The lowest BCUT2D eigenvalue weighted by molar-refractivity contribution is -0.120. The number of carbonyl (C=O) groups is 1. The van der Waals surface area contributed by atoms with E-state index in [-0.39, 0.29) is 18.1 Å². The molecule has 6 heteroatoms. The molecule has 0 atom stereocenters. The average Bonchev–Trinajstić information content (AvgIpc) is 2.65. The number of nitrogens with one attached hydrogen (secondary N) is 1. The standard InChI is InChI=1S/C20H25N3O3/c1-4-23(5-2)17-9-8-16(19(24)13-17)14-21-22-20(25)12-15-6-10-18(26-3)11-7-15/h6-11,13-14,24H,4-5,12H2,1-3H3,(H,22,25). The number of aromatic hydroxyl groups is 1. The Morgan fingerprint density at radius 2 is 1.88 bits per heavy atom. The van der Waals surface area contributed by atoms with Gasteiger partial charge in [-0.2, -0.15) is 5.10 Å². The van der Waals surface area contributed by atoms with Crippen LogP contribution in [0.25, 0.3) is 0 Å². The zero-order chi connectivity index (χ0) is 18.9. The highest BCUT2D eigenvalue weighted by Crippen LogP contribution is 2.23. The van der Waals surface area contributed by atoms with E-state index in [9.17, 15) is 9.90 Å². The number of hydrogen-bond donors (Lipinski definition) is 2. The average molecular weight is 355 g/mol. The van der Waals surface area contributed by atoms with Crippen LogP contribution >= 0.6 is 0 Å². The summed E-state index contributed by atoms with van der Waals surface area (Å²) in [6.45, 7) is 5.86. The van der Waals surface area contributed by atoms with Gasteiger partial charge in [-0.1, -0.05) is 12.1 Å². The Morgan fingerprint density at radius 1 is 1.19 bits per heavy atom. The molecular formula is C20H25N3O3. The molecule has 0 radical (unpaired) electrons. The van der Waals surface area contributed by atoms with Crippen molar-refractivity contribution >= 4 is 17.8 Å². The highest BCUT2D eigenvalue weighted by molar-refractivity contribution is 5.86. The molecule has 0 saturated carbocycles. The summed E-state index contributed by atoms with van der Waals surface area (Å²) in [4.78, 5) is 14.1. The Morgan fingerprint density at radius 3 is 2.46 bits per heavy atom. The smallest absolute Gasteiger partial charge is 0.244 e. The molecule has 6 nitrogen and oxygen atoms in total. The molecular weight excluding hydrogens is 330 g/mol. The number of benzene rings is 2. The second-order valence-electron chi connectivity index (χ2n) is 5.73. The minimum absolute atomic E-state index is 0.127. The van der Waals surface area contributed by atoms with E-state index >= 15 is 0 Å². The number of phenols is 1. The molecule has 0 aliphatic carbocycles. The van der Waals surface area contributed by atoms with Crippen molar-refractivity contribution in [1.82, 2.24) is 5.43 Å². The van der Waals surface area contributed by atoms with Gasteiger partial charge in [0.15, 0.2) is 0 Å². The van der Waals surface area contributed by atoms with E-state index < -0.39 is 0 Å². The Hall–Kier alpha value is -3.02. The summed E-state index contributed by atoms with van der Waals surface area (Å²) in [5.74, 6) is 0.643. The fourth-order valence-corrected chi connectivity index (χ4v) is 2.57. The largest absolute Gasteiger partial charge is 0.507 e. The number of methoxy groups -OCH3 is 1. The first-order valence-corrected chi connectivity index (χ1v) is 8.60. The minimum atomic E-state index is -0.231. The zero-order valence-corrected chi connectivity index (χ0v) is 15.4. The van der Waals surface area contributed by atoms with E-state index in [0.29, 0.717) is 5.56 Å². The number of carbonyl (C=O) groups excluding carboxylic acids is 1. The summed E-state index contributed by atoms with van der Waals surface area (Å²) >= 11 is 0. The van der Waals surface area contributed by atoms with E-state index in [4.69, 9.17) is 4.74 Å². The van der Waals surface area contributed by atoms with Crippen LogP contribution in [0.1, 0.15) is 25.0 Å². The van der Waals surface area contributed by atoms with Gasteiger partial charge in [-0.3, -0.25) is 4.79 Å². The molecule has 138 valence electrons. The lowest BCUT2D eigenvalue weighted by atomic mass is 10.1. The molecule has 0 bridgehead atoms. The fourth-order valence-electron chi connectivity index (χ4n) is 2.57. The van der Waals surface area contributed by atoms with Crippen LogP contribution in [0.4, 0.5) is 5.69 Å². The van der Waals surface area contributed by atoms with E-state index in [1.54, 1.807) is 31.4 Å². The Labute approximate surface area is 154 Å². The first kappa shape index (κ1) is 19.3. The van der Waals surface area contributed by atoms with Crippen molar-refractivity contribution in [2.45, 2.75) is 20.3 Å². The van der Waals surface area contributed by atoms with Gasteiger partial charge in [0, 0.05) is 30.4 Å². The molecule has 0 saturated heterocycles. The predicted octanol–water partition coefficient (Wildman–Crippen LogP) is 2.94. The topological polar surface area (TPSA) is 74.2 Å². The highest BCUT2D eigenvalue weighted by Gasteiger charge is 2.06. The summed E-state index contributed by atoms with van der Waals surface area (Å²) in [5.41, 5.74) is 4.84. The normalized spacial score (nSPS) is 10.7. The number of hydrazone groups is 1. The van der Waals surface area contributed by atoms with Crippen molar-refractivity contribution in [3.8, 4) is 11.5 Å². The van der Waals surface area contributed by atoms with Crippen molar-refractivity contribution in [2.24, 2.45) is 5.10 Å². The van der Waals surface area contributed by atoms with Gasteiger partial charge in [0.25, 0.3) is 0 Å². The number of rotatable bonds is 8. The van der Waals surface area contributed by atoms with Gasteiger partial charge >= 0.3 is 0 Å². The molecule has 0 heterocycles. The van der Waals surface area contributed by atoms with Crippen molar-refractivity contribution in [2.75, 3.05) is 25.1 Å². The maximum atomic E-state index is 11.9. The van der Waals surface area contributed by atoms with Crippen LogP contribution in [-0.4, -0.2) is 37.4 Å². The summed E-state index contributed by atoms with van der Waals surface area (Å²) in [7, 11) is 1.60. The maximum absolute atomic E-state index is 11.9. The lowest BCUT2D eigenvalue weighted by Gasteiger charge is -2.21. The third-order valence-electron chi connectivity index (χ3n) is 4.06. The molecule has 2 rings (SSSR count). The van der Waals surface area contributed by atoms with Crippen LogP contribution < -0.4 is 15.1 Å². The number of anilines is 1. The Kier molecular flexibility index (Phi) is 7.02. The molecule has 0 spiro atoms. The van der Waals surface area contributed by atoms with Gasteiger partial charge < -0.3 is 14.7 Å². The second kappa shape index (κ2) is 9.46. The summed E-state index contributed by atoms with van der Waals surface area (Å²) < 4.78 is 5.09. The molecule has 2 aromatic carbocycles. The summed E-state index contributed by atoms with van der Waals surface area (Å²) in [5, 5.41) is 14.1. The van der Waals surface area contributed by atoms with E-state index in [2.05, 4.69) is 29.3 Å². The second-order valence-corrected chi connectivity index (χ2v) is 5.73. The van der Waals surface area contributed by atoms with Crippen molar-refractivity contribution in [3.63, 3.8) is 0 Å². The van der Waals surface area contributed by atoms with Crippen molar-refractivity contribution in [1.29, 1.82) is 0 Å². The molecule has 1 amide bonds. The molecule has 0 fully saturated rings. The quantitative estimate of drug-likeness (QED) is 0.564. The number of nitrogens with zero attached hydrogens (tertiary/aromatic N) is 2. The maximum Gasteiger partial charge on any atom is 0.244 e. The van der Waals surface area contributed by atoms with Gasteiger partial charge in [-0.25, -0.2) is 5.43 Å². The van der Waals surface area contributed by atoms with Crippen molar-refractivity contribution < 1.29 is 14.6 Å². The zero-order valence-electron chi connectivity index (χ0n) is 15.4. The number of ether oxygens (including phenoxy) is 1. The molecule has 2 N–H and O–H groups in total. The van der Waals surface area contributed by atoms with Crippen LogP contribution in [-0.2, 0) is 11.2 Å². The third-order valence-corrected chi connectivity index (χ3v) is 4.06. The Balaban J connectivity index is 1.93. The SMILES string of the molecule is CCN(CC)c1ccc(C=NNC(=O)Cc2ccc(OC)cc2)c(O)c1. The molecule has 0 unspecified atom stereocenters. The van der Waals surface area contributed by atoms with Gasteiger partial charge in [-0.05, 0) is 43.7 Å². The summed E-state index contributed by atoms with van der Waals surface area (Å²) in [6, 6.07) is 12.7. The van der Waals surface area contributed by atoms with E-state index in [1.165, 1.54) is 6.21 Å². The first-order valence-electron chi connectivity index (χ1n) is 8.60. The van der Waals surface area contributed by atoms with Crippen LogP contribution in [0.3, 0.4) is 0 Å². The van der Waals surface area contributed by atoms with Gasteiger partial charge in [-0.15, -0.1) is 0 Å². The molecule has 26 heavy (non-hydrogen) atoms. The van der Waals surface area contributed by atoms with Gasteiger partial charge in [0.1, 0.15) is 11.5 Å². The van der Waals surface area contributed by atoms with E-state index in [0.717, 1.165) is 30.1 Å². The van der Waals surface area contributed by atoms with Gasteiger partial charge in [0.2, 0.25) is 5.91 Å². The number of amides is 1. The molecule has 0 aliphatic heterocycles. The van der Waals surface area contributed by atoms with Gasteiger partial charge in [0.05, 0.1) is 19.7 Å². The van der Waals surface area contributed by atoms with Crippen LogP contribution in [0.15, 0.2) is 47.6 Å². The predicted molar refractivity (Wildman–Crippen MR) is 104 cm³/mol. The fraction of sp³-hybridized carbons (Fsp3) is 0.300. The molecule has 2 aromatic rings. The molecule has 0 aliphatic rings. The number of phenolic OH excluding ortho intramolecular Hbond substituents is 1. The van der Waals surface area contributed by atoms with E-state index in [1.807, 2.05) is 18.2 Å². The van der Waals surface area contributed by atoms with Crippen molar-refractivity contribution in [3.05, 3.63) is 53.6 Å². The Bertz CT molecular complexity index is 753. The number of hydrogen-bond acceptors (Lipinski definition) is 5. The summed E-state index contributed by atoms with van der Waals surface area (Å²) in [6.07, 6.45) is 1.65. The molecule has 0 aromatic heterocycles. The van der Waals surface area contributed by atoms with Crippen LogP contribution in [0, 0.1) is 0 Å². The minimum Gasteiger partial charge on any atom is -0.507 e. The third kappa shape index (κ3) is 5.24. The first-order chi connectivity index (χ1) is 12.6. The van der Waals surface area contributed by atoms with Crippen LogP contribution in [0.2, 0.25) is 0 Å². The lowest BCUT2D eigenvalue weighted by Crippen LogP contribution is -2.21. The highest BCUT2D eigenvalue weighted by atomic mass is 16.5.